The largest absolute Gasteiger partial charge is 0.382 e. The first-order valence-corrected chi connectivity index (χ1v) is 3.64. The first kappa shape index (κ1) is 7.90. The third kappa shape index (κ3) is 1.10. The Bertz CT molecular complexity index is 431. The molecule has 7 nitrogen and oxygen atoms in total. The molecule has 2 aromatic rings. The minimum atomic E-state index is -0.667. The topological polar surface area (TPSA) is 122 Å². The van der Waals surface area contributed by atoms with Crippen LogP contribution in [-0.2, 0) is 0 Å². The number of aromatic nitrogens is 4. The lowest BCUT2D eigenvalue weighted by Crippen LogP contribution is -2.26. The molecule has 0 saturated carbocycles. The second kappa shape index (κ2) is 2.64. The van der Waals surface area contributed by atoms with E-state index in [4.69, 9.17) is 17.2 Å². The first-order chi connectivity index (χ1) is 6.20. The molecule has 6 N–H and O–H groups in total. The van der Waals surface area contributed by atoms with Crippen molar-refractivity contribution >= 4 is 17.0 Å². The monoisotopic (exact) mass is 179 g/mol. The Morgan fingerprint density at radius 2 is 2.00 bits per heavy atom. The van der Waals surface area contributed by atoms with Gasteiger partial charge in [0.1, 0.15) is 18.1 Å². The summed E-state index contributed by atoms with van der Waals surface area (Å²) in [5, 5.41) is 0. The van der Waals surface area contributed by atoms with E-state index in [2.05, 4.69) is 15.0 Å². The normalized spacial score (nSPS) is 11.3. The highest BCUT2D eigenvalue weighted by atomic mass is 15.2. The highest BCUT2D eigenvalue weighted by Gasteiger charge is 2.09. The molecule has 0 aromatic carbocycles. The maximum atomic E-state index is 5.56. The molecule has 0 radical (unpaired) electrons. The number of nitrogens with zero attached hydrogens (tertiary/aromatic N) is 4. The molecule has 2 rings (SSSR count). The standard InChI is InChI=1S/C6H9N7/c7-4-3-5(11-1-10-4)13(2-12-3)6(8)9/h1-2,6H,8-9H2,(H2,7,10,11). The highest BCUT2D eigenvalue weighted by Crippen LogP contribution is 2.14. The van der Waals surface area contributed by atoms with Gasteiger partial charge in [-0.1, -0.05) is 0 Å². The van der Waals surface area contributed by atoms with E-state index in [1.165, 1.54) is 17.2 Å². The molecule has 0 aliphatic rings. The summed E-state index contributed by atoms with van der Waals surface area (Å²) < 4.78 is 1.52. The van der Waals surface area contributed by atoms with Crippen LogP contribution >= 0.6 is 0 Å². The zero-order valence-electron chi connectivity index (χ0n) is 6.75. The SMILES string of the molecule is Nc1ncnc2c1ncn2C(N)N. The Hall–Kier alpha value is -1.73. The van der Waals surface area contributed by atoms with E-state index in [1.54, 1.807) is 0 Å². The quantitative estimate of drug-likeness (QED) is 0.472. The lowest BCUT2D eigenvalue weighted by Gasteiger charge is -2.06. The summed E-state index contributed by atoms with van der Waals surface area (Å²) in [7, 11) is 0. The molecule has 0 fully saturated rings. The van der Waals surface area contributed by atoms with Crippen LogP contribution < -0.4 is 17.2 Å². The number of hydrogen-bond donors (Lipinski definition) is 3. The number of rotatable bonds is 1. The summed E-state index contributed by atoms with van der Waals surface area (Å²) in [6.45, 7) is 0. The Morgan fingerprint density at radius 1 is 1.23 bits per heavy atom. The van der Waals surface area contributed by atoms with Gasteiger partial charge in [-0.25, -0.2) is 15.0 Å². The van der Waals surface area contributed by atoms with E-state index in [0.29, 0.717) is 17.0 Å². The van der Waals surface area contributed by atoms with Crippen molar-refractivity contribution in [3.63, 3.8) is 0 Å². The molecule has 0 amide bonds. The second-order valence-corrected chi connectivity index (χ2v) is 2.57. The summed E-state index contributed by atoms with van der Waals surface area (Å²) in [5.41, 5.74) is 17.6. The van der Waals surface area contributed by atoms with Crippen molar-refractivity contribution < 1.29 is 0 Å². The van der Waals surface area contributed by atoms with Crippen LogP contribution in [0.15, 0.2) is 12.7 Å². The van der Waals surface area contributed by atoms with Crippen LogP contribution in [0.1, 0.15) is 6.29 Å². The first-order valence-electron chi connectivity index (χ1n) is 3.64. The Kier molecular flexibility index (Phi) is 1.61. The number of nitrogens with two attached hydrogens (primary N) is 3. The zero-order valence-corrected chi connectivity index (χ0v) is 6.75. The van der Waals surface area contributed by atoms with Gasteiger partial charge in [0.2, 0.25) is 0 Å². The third-order valence-electron chi connectivity index (χ3n) is 1.71. The van der Waals surface area contributed by atoms with Gasteiger partial charge < -0.3 is 5.73 Å². The van der Waals surface area contributed by atoms with Gasteiger partial charge in [-0.05, 0) is 0 Å². The number of fused-ring (bicyclic) bond motifs is 1. The predicted octanol–water partition coefficient (Wildman–Crippen LogP) is -1.22. The van der Waals surface area contributed by atoms with Gasteiger partial charge in [0.25, 0.3) is 0 Å². The van der Waals surface area contributed by atoms with Crippen LogP contribution in [0.25, 0.3) is 11.2 Å². The van der Waals surface area contributed by atoms with E-state index >= 15 is 0 Å². The summed E-state index contributed by atoms with van der Waals surface area (Å²) in [6, 6.07) is 0. The van der Waals surface area contributed by atoms with Crippen molar-refractivity contribution in [2.75, 3.05) is 5.73 Å². The highest BCUT2D eigenvalue weighted by molar-refractivity contribution is 5.81. The van der Waals surface area contributed by atoms with Gasteiger partial charge in [-0.15, -0.1) is 0 Å². The van der Waals surface area contributed by atoms with Crippen LogP contribution in [0.3, 0.4) is 0 Å². The molecule has 0 bridgehead atoms. The average molecular weight is 179 g/mol. The Balaban J connectivity index is 2.75. The van der Waals surface area contributed by atoms with E-state index in [1.807, 2.05) is 0 Å². The van der Waals surface area contributed by atoms with E-state index in [-0.39, 0.29) is 0 Å². The second-order valence-electron chi connectivity index (χ2n) is 2.57. The Labute approximate surface area is 73.6 Å². The molecule has 2 heterocycles. The molecular formula is C6H9N7. The fraction of sp³-hybridized carbons (Fsp3) is 0.167. The van der Waals surface area contributed by atoms with Crippen molar-refractivity contribution in [2.45, 2.75) is 6.29 Å². The molecule has 0 saturated heterocycles. The minimum absolute atomic E-state index is 0.324. The van der Waals surface area contributed by atoms with E-state index < -0.39 is 6.29 Å². The van der Waals surface area contributed by atoms with Gasteiger partial charge in [0, 0.05) is 0 Å². The number of imidazole rings is 1. The minimum Gasteiger partial charge on any atom is -0.382 e. The maximum absolute atomic E-state index is 5.56. The molecule has 0 spiro atoms. The predicted molar refractivity (Wildman–Crippen MR) is 47.1 cm³/mol. The van der Waals surface area contributed by atoms with Gasteiger partial charge in [0.05, 0.1) is 6.33 Å². The van der Waals surface area contributed by atoms with Crippen LogP contribution in [0.5, 0.6) is 0 Å². The summed E-state index contributed by atoms with van der Waals surface area (Å²) in [4.78, 5) is 11.8. The number of hydrogen-bond acceptors (Lipinski definition) is 6. The number of nitrogen functional groups attached to an aromatic ring is 1. The molecule has 0 aliphatic carbocycles. The number of anilines is 1. The molecule has 0 atom stereocenters. The average Bonchev–Trinajstić information content (AvgIpc) is 2.48. The van der Waals surface area contributed by atoms with Gasteiger partial charge >= 0.3 is 0 Å². The molecular weight excluding hydrogens is 170 g/mol. The van der Waals surface area contributed by atoms with Crippen molar-refractivity contribution in [1.29, 1.82) is 0 Å². The van der Waals surface area contributed by atoms with E-state index in [0.717, 1.165) is 0 Å². The van der Waals surface area contributed by atoms with Crippen LogP contribution in [0.2, 0.25) is 0 Å². The zero-order chi connectivity index (χ0) is 9.42. The maximum Gasteiger partial charge on any atom is 0.167 e. The van der Waals surface area contributed by atoms with Gasteiger partial charge in [-0.3, -0.25) is 16.0 Å². The molecule has 0 aliphatic heterocycles. The molecule has 2 aromatic heterocycles. The summed E-state index contributed by atoms with van der Waals surface area (Å²) in [6.07, 6.45) is 2.16. The van der Waals surface area contributed by atoms with Crippen LogP contribution in [0.4, 0.5) is 5.82 Å². The van der Waals surface area contributed by atoms with Crippen molar-refractivity contribution in [3.8, 4) is 0 Å². The Morgan fingerprint density at radius 3 is 2.69 bits per heavy atom. The van der Waals surface area contributed by atoms with Gasteiger partial charge in [-0.2, -0.15) is 0 Å². The van der Waals surface area contributed by atoms with Gasteiger partial charge in [0.15, 0.2) is 11.5 Å². The summed E-state index contributed by atoms with van der Waals surface area (Å²) in [5.74, 6) is 0.324. The van der Waals surface area contributed by atoms with Crippen LogP contribution in [0, 0.1) is 0 Å². The van der Waals surface area contributed by atoms with Crippen molar-refractivity contribution in [2.24, 2.45) is 11.5 Å². The third-order valence-corrected chi connectivity index (χ3v) is 1.71. The van der Waals surface area contributed by atoms with Crippen molar-refractivity contribution in [3.05, 3.63) is 12.7 Å². The fourth-order valence-corrected chi connectivity index (χ4v) is 1.09. The van der Waals surface area contributed by atoms with E-state index in [9.17, 15) is 0 Å². The summed E-state index contributed by atoms with van der Waals surface area (Å²) >= 11 is 0. The smallest absolute Gasteiger partial charge is 0.167 e. The molecule has 68 valence electrons. The van der Waals surface area contributed by atoms with Crippen molar-refractivity contribution in [1.82, 2.24) is 19.5 Å². The molecule has 7 heteroatoms. The molecule has 0 unspecified atom stereocenters. The van der Waals surface area contributed by atoms with Crippen LogP contribution in [-0.4, -0.2) is 19.5 Å². The molecule has 13 heavy (non-hydrogen) atoms. The fourth-order valence-electron chi connectivity index (χ4n) is 1.09. The lowest BCUT2D eigenvalue weighted by molar-refractivity contribution is 0.555. The lowest BCUT2D eigenvalue weighted by atomic mass is 10.5.